The van der Waals surface area contributed by atoms with Crippen LogP contribution in [0.15, 0.2) is 84.9 Å². The highest BCUT2D eigenvalue weighted by molar-refractivity contribution is 6.76. The number of fused-ring (bicyclic) bond motifs is 1. The molecule has 0 saturated carbocycles. The van der Waals surface area contributed by atoms with E-state index in [4.69, 9.17) is 68.6 Å². The van der Waals surface area contributed by atoms with Crippen LogP contribution in [0, 0.1) is 5.41 Å². The van der Waals surface area contributed by atoms with Crippen molar-refractivity contribution in [3.63, 3.8) is 0 Å². The smallest absolute Gasteiger partial charge is 0.338 e. The molecule has 39 heavy (non-hydrogen) atoms. The van der Waals surface area contributed by atoms with E-state index in [1.54, 1.807) is 24.3 Å². The Hall–Kier alpha value is -2.85. The fourth-order valence-electron chi connectivity index (χ4n) is 4.20. The highest BCUT2D eigenvalue weighted by Crippen LogP contribution is 2.45. The number of esters is 1. The number of nitrogens with one attached hydrogen (secondary N) is 1. The summed E-state index contributed by atoms with van der Waals surface area (Å²) in [4.78, 5) is 12.9. The molecule has 2 fully saturated rings. The lowest BCUT2D eigenvalue weighted by atomic mass is 10.0. The highest BCUT2D eigenvalue weighted by atomic mass is 35.6. The molecular weight excluding hydrogens is 569 g/mol. The van der Waals surface area contributed by atoms with Gasteiger partial charge in [0, 0.05) is 5.56 Å². The summed E-state index contributed by atoms with van der Waals surface area (Å²) in [5.74, 6) is -0.581. The maximum Gasteiger partial charge on any atom is 0.338 e. The molecule has 204 valence electrons. The van der Waals surface area contributed by atoms with E-state index in [0.29, 0.717) is 17.9 Å². The second-order valence-corrected chi connectivity index (χ2v) is 11.3. The molecule has 3 aromatic carbocycles. The lowest BCUT2D eigenvalue weighted by Crippen LogP contribution is -2.47. The molecule has 2 heterocycles. The van der Waals surface area contributed by atoms with Gasteiger partial charge < -0.3 is 28.4 Å². The predicted molar refractivity (Wildman–Crippen MR) is 144 cm³/mol. The molecule has 2 saturated heterocycles. The van der Waals surface area contributed by atoms with Crippen LogP contribution in [-0.2, 0) is 30.3 Å². The molecule has 0 radical (unpaired) electrons. The monoisotopic (exact) mass is 591 g/mol. The van der Waals surface area contributed by atoms with Gasteiger partial charge in [-0.25, -0.2) is 4.79 Å². The van der Waals surface area contributed by atoms with Crippen molar-refractivity contribution in [2.24, 2.45) is 0 Å². The van der Waals surface area contributed by atoms with Crippen LogP contribution in [0.3, 0.4) is 0 Å². The molecule has 0 amide bonds. The van der Waals surface area contributed by atoms with Gasteiger partial charge >= 0.3 is 5.97 Å². The van der Waals surface area contributed by atoms with E-state index < -0.39 is 39.9 Å². The minimum atomic E-state index is -2.09. The van der Waals surface area contributed by atoms with Crippen molar-refractivity contribution in [2.45, 2.75) is 34.7 Å². The van der Waals surface area contributed by atoms with Gasteiger partial charge in [0.2, 0.25) is 12.2 Å². The quantitative estimate of drug-likeness (QED) is 0.148. The van der Waals surface area contributed by atoms with Gasteiger partial charge in [-0.1, -0.05) is 95.5 Å². The van der Waals surface area contributed by atoms with E-state index in [1.807, 2.05) is 60.7 Å². The van der Waals surface area contributed by atoms with E-state index in [-0.39, 0.29) is 13.2 Å². The Morgan fingerprint density at radius 3 is 2.31 bits per heavy atom. The molecule has 8 nitrogen and oxygen atoms in total. The lowest BCUT2D eigenvalue weighted by Gasteiger charge is -2.25. The lowest BCUT2D eigenvalue weighted by molar-refractivity contribution is -0.170. The number of carbonyl (C=O) groups is 1. The molecule has 3 aromatic rings. The van der Waals surface area contributed by atoms with Crippen LogP contribution in [-0.4, -0.2) is 46.9 Å². The zero-order valence-corrected chi connectivity index (χ0v) is 22.7. The van der Waals surface area contributed by atoms with E-state index in [9.17, 15) is 4.79 Å². The molecule has 0 spiro atoms. The Balaban J connectivity index is 1.25. The minimum absolute atomic E-state index is 0.0433. The summed E-state index contributed by atoms with van der Waals surface area (Å²) >= 11 is 17.3. The molecule has 0 aliphatic carbocycles. The molecule has 1 N–H and O–H groups in total. The number of hydrogen-bond donors (Lipinski definition) is 1. The minimum Gasteiger partial charge on any atom is -0.489 e. The zero-order valence-electron chi connectivity index (χ0n) is 20.4. The third kappa shape index (κ3) is 6.49. The molecule has 5 rings (SSSR count). The molecule has 2 aliphatic heterocycles. The zero-order chi connectivity index (χ0) is 27.5. The first-order valence-electron chi connectivity index (χ1n) is 12.0. The molecule has 1 unspecified atom stereocenters. The van der Waals surface area contributed by atoms with Gasteiger partial charge in [0.25, 0.3) is 3.79 Å². The first-order valence-corrected chi connectivity index (χ1v) is 13.1. The first kappa shape index (κ1) is 27.7. The van der Waals surface area contributed by atoms with Crippen molar-refractivity contribution >= 4 is 46.7 Å². The standard InChI is InChI=1S/C28H24Cl3NO7/c29-28(30,31)26(32)38-25-22-27(17-36-25,39-24(37-22)20-9-5-2-6-10-20)16-35-23(33)19-11-13-21(14-12-19)34-15-18-7-3-1-4-8-18/h1-14,22,24-25,32H,15-17H2/t22-,24?,25-,27+/m0/s1. The fourth-order valence-corrected chi connectivity index (χ4v) is 4.33. The number of hydrogen-bond acceptors (Lipinski definition) is 8. The van der Waals surface area contributed by atoms with Crippen LogP contribution in [0.5, 0.6) is 5.75 Å². The Labute approximate surface area is 240 Å². The van der Waals surface area contributed by atoms with Gasteiger partial charge in [0.1, 0.15) is 19.0 Å². The Kier molecular flexibility index (Phi) is 8.32. The van der Waals surface area contributed by atoms with Crippen molar-refractivity contribution in [2.75, 3.05) is 13.2 Å². The first-order chi connectivity index (χ1) is 18.7. The van der Waals surface area contributed by atoms with E-state index in [1.165, 1.54) is 0 Å². The van der Waals surface area contributed by atoms with Gasteiger partial charge in [-0.3, -0.25) is 5.41 Å². The van der Waals surface area contributed by atoms with E-state index >= 15 is 0 Å². The summed E-state index contributed by atoms with van der Waals surface area (Å²) in [5, 5.41) is 7.92. The molecule has 0 aromatic heterocycles. The number of ether oxygens (including phenoxy) is 6. The van der Waals surface area contributed by atoms with Crippen molar-refractivity contribution < 1.29 is 33.2 Å². The van der Waals surface area contributed by atoms with Crippen LogP contribution >= 0.6 is 34.8 Å². The van der Waals surface area contributed by atoms with Crippen molar-refractivity contribution in [1.29, 1.82) is 5.41 Å². The average molecular weight is 593 g/mol. The molecular formula is C28H24Cl3NO7. The van der Waals surface area contributed by atoms with Crippen LogP contribution in [0.2, 0.25) is 0 Å². The fraction of sp³-hybridized carbons (Fsp3) is 0.286. The molecule has 11 heteroatoms. The van der Waals surface area contributed by atoms with Crippen molar-refractivity contribution in [1.82, 2.24) is 0 Å². The summed E-state index contributed by atoms with van der Waals surface area (Å²) < 4.78 is 32.8. The summed E-state index contributed by atoms with van der Waals surface area (Å²) in [6, 6.07) is 25.6. The van der Waals surface area contributed by atoms with Crippen LogP contribution in [0.25, 0.3) is 0 Å². The van der Waals surface area contributed by atoms with Crippen molar-refractivity contribution in [3.8, 4) is 5.75 Å². The summed E-state index contributed by atoms with van der Waals surface area (Å²) in [7, 11) is 0. The van der Waals surface area contributed by atoms with Gasteiger partial charge in [0.05, 0.1) is 12.2 Å². The number of halogens is 3. The van der Waals surface area contributed by atoms with Gasteiger partial charge in [-0.05, 0) is 29.8 Å². The molecule has 4 atom stereocenters. The predicted octanol–water partition coefficient (Wildman–Crippen LogP) is 6.00. The second kappa shape index (κ2) is 11.7. The summed E-state index contributed by atoms with van der Waals surface area (Å²) in [6.07, 6.45) is -2.79. The highest BCUT2D eigenvalue weighted by Gasteiger charge is 2.61. The molecule has 0 bridgehead atoms. The topological polar surface area (TPSA) is 96.3 Å². The summed E-state index contributed by atoms with van der Waals surface area (Å²) in [6.45, 7) is 0.166. The van der Waals surface area contributed by atoms with Gasteiger partial charge in [-0.2, -0.15) is 0 Å². The Bertz CT molecular complexity index is 1290. The van der Waals surface area contributed by atoms with E-state index in [2.05, 4.69) is 0 Å². The normalized spacial score (nSPS) is 24.1. The average Bonchev–Trinajstić information content (AvgIpc) is 3.48. The van der Waals surface area contributed by atoms with Gasteiger partial charge in [-0.15, -0.1) is 0 Å². The largest absolute Gasteiger partial charge is 0.489 e. The van der Waals surface area contributed by atoms with Crippen LogP contribution in [0.1, 0.15) is 27.8 Å². The number of benzene rings is 3. The van der Waals surface area contributed by atoms with Crippen LogP contribution < -0.4 is 4.74 Å². The Morgan fingerprint density at radius 2 is 1.64 bits per heavy atom. The second-order valence-electron chi connectivity index (χ2n) is 8.98. The van der Waals surface area contributed by atoms with Gasteiger partial charge in [0.15, 0.2) is 18.0 Å². The maximum absolute atomic E-state index is 12.9. The number of carbonyl (C=O) groups excluding carboxylic acids is 1. The Morgan fingerprint density at radius 1 is 0.974 bits per heavy atom. The SMILES string of the molecule is N=C(O[C@@H]1OC[C@@]2(COC(=O)c3ccc(OCc4ccccc4)cc3)OC(c3ccccc3)O[C@@H]12)C(Cl)(Cl)Cl. The van der Waals surface area contributed by atoms with E-state index in [0.717, 1.165) is 11.1 Å². The third-order valence-corrected chi connectivity index (χ3v) is 6.73. The number of rotatable bonds is 8. The van der Waals surface area contributed by atoms with Crippen LogP contribution in [0.4, 0.5) is 0 Å². The third-order valence-electron chi connectivity index (χ3n) is 6.22. The summed E-state index contributed by atoms with van der Waals surface area (Å²) in [5.41, 5.74) is 0.900. The van der Waals surface area contributed by atoms with Crippen molar-refractivity contribution in [3.05, 3.63) is 102 Å². The number of alkyl halides is 3. The molecule has 2 aliphatic rings. The maximum atomic E-state index is 12.9.